The van der Waals surface area contributed by atoms with Gasteiger partial charge in [-0.1, -0.05) is 20.8 Å². The van der Waals surface area contributed by atoms with E-state index in [9.17, 15) is 0 Å². The summed E-state index contributed by atoms with van der Waals surface area (Å²) in [6.07, 6.45) is 0. The quantitative estimate of drug-likeness (QED) is 0.282. The zero-order valence-corrected chi connectivity index (χ0v) is 22.8. The second-order valence-corrected chi connectivity index (χ2v) is 15.4. The Morgan fingerprint density at radius 1 is 0.615 bits per heavy atom. The highest BCUT2D eigenvalue weighted by atomic mass is 79.9. The smallest absolute Gasteiger partial charge is 0.0745 e. The average molecular weight is 597 g/mol. The predicted molar refractivity (Wildman–Crippen MR) is 130 cm³/mol. The highest BCUT2D eigenvalue weighted by Crippen LogP contribution is 2.59. The van der Waals surface area contributed by atoms with Crippen LogP contribution in [0.5, 0.6) is 0 Å². The van der Waals surface area contributed by atoms with Crippen LogP contribution in [-0.2, 0) is 5.41 Å². The van der Waals surface area contributed by atoms with Crippen molar-refractivity contribution in [1.29, 1.82) is 0 Å². The van der Waals surface area contributed by atoms with E-state index in [1.165, 1.54) is 42.7 Å². The molecule has 0 N–H and O–H groups in total. The van der Waals surface area contributed by atoms with E-state index in [1.807, 2.05) is 34.0 Å². The van der Waals surface area contributed by atoms with E-state index >= 15 is 0 Å². The topological polar surface area (TPSA) is 0 Å². The van der Waals surface area contributed by atoms with Gasteiger partial charge in [0.15, 0.2) is 0 Å². The van der Waals surface area contributed by atoms with Crippen LogP contribution in [0.3, 0.4) is 0 Å². The molecule has 0 fully saturated rings. The van der Waals surface area contributed by atoms with Gasteiger partial charge in [-0.2, -0.15) is 0 Å². The fourth-order valence-electron chi connectivity index (χ4n) is 3.87. The molecule has 0 amide bonds. The van der Waals surface area contributed by atoms with E-state index in [-0.39, 0.29) is 10.8 Å². The highest BCUT2D eigenvalue weighted by Gasteiger charge is 2.51. The molecule has 3 heterocycles. The van der Waals surface area contributed by atoms with Crippen LogP contribution in [0.15, 0.2) is 29.6 Å². The predicted octanol–water partition coefficient (Wildman–Crippen LogP) is 9.46. The van der Waals surface area contributed by atoms with E-state index in [0.717, 1.165) is 0 Å². The molecule has 26 heavy (non-hydrogen) atoms. The first-order valence-corrected chi connectivity index (χ1v) is 13.1. The number of halogens is 3. The summed E-state index contributed by atoms with van der Waals surface area (Å²) in [6, 6.07) is 7.08. The second kappa shape index (κ2) is 7.42. The normalized spacial score (nSPS) is 12.8. The molecular weight excluding hydrogens is 576 g/mol. The summed E-state index contributed by atoms with van der Waals surface area (Å²) in [7, 11) is 0. The second-order valence-electron chi connectivity index (χ2n) is 7.63. The van der Waals surface area contributed by atoms with Gasteiger partial charge in [0, 0.05) is 14.6 Å². The molecule has 0 radical (unpaired) electrons. The Hall–Kier alpha value is 0.540. The molecule has 3 rings (SSSR count). The van der Waals surface area contributed by atoms with Crippen LogP contribution in [0.4, 0.5) is 0 Å². The van der Waals surface area contributed by atoms with Crippen LogP contribution < -0.4 is 0 Å². The Morgan fingerprint density at radius 2 is 0.885 bits per heavy atom. The Morgan fingerprint density at radius 3 is 1.04 bits per heavy atom. The van der Waals surface area contributed by atoms with Crippen LogP contribution in [-0.4, -0.2) is 0 Å². The zero-order chi connectivity index (χ0) is 19.4. The largest absolute Gasteiger partial charge is 0.133 e. The Bertz CT molecular complexity index is 841. The minimum absolute atomic E-state index is 0.0326. The molecular formula is C20H21Br3S3. The Balaban J connectivity index is 2.54. The molecule has 0 bridgehead atoms. The number of aryl methyl sites for hydroxylation is 3. The van der Waals surface area contributed by atoms with Crippen molar-refractivity contribution in [3.8, 4) is 0 Å². The van der Waals surface area contributed by atoms with Crippen LogP contribution in [0.25, 0.3) is 0 Å². The number of thiophene rings is 3. The maximum Gasteiger partial charge on any atom is 0.0745 e. The van der Waals surface area contributed by atoms with Gasteiger partial charge in [0.2, 0.25) is 0 Å². The van der Waals surface area contributed by atoms with Crippen molar-refractivity contribution in [3.63, 3.8) is 0 Å². The molecule has 0 spiro atoms. The van der Waals surface area contributed by atoms with Gasteiger partial charge in [-0.15, -0.1) is 34.0 Å². The average Bonchev–Trinajstić information content (AvgIpc) is 3.10. The van der Waals surface area contributed by atoms with Crippen LogP contribution in [0.1, 0.15) is 52.1 Å². The molecule has 0 aliphatic heterocycles. The van der Waals surface area contributed by atoms with Crippen LogP contribution in [0.2, 0.25) is 0 Å². The maximum atomic E-state index is 3.90. The van der Waals surface area contributed by atoms with Gasteiger partial charge in [0.05, 0.1) is 16.8 Å². The lowest BCUT2D eigenvalue weighted by Crippen LogP contribution is -2.42. The van der Waals surface area contributed by atoms with Crippen molar-refractivity contribution < 1.29 is 0 Å². The summed E-state index contributed by atoms with van der Waals surface area (Å²) in [6.45, 7) is 13.6. The molecule has 0 aliphatic carbocycles. The van der Waals surface area contributed by atoms with E-state index in [1.54, 1.807) is 0 Å². The van der Waals surface area contributed by atoms with Crippen molar-refractivity contribution in [3.05, 3.63) is 60.9 Å². The molecule has 0 saturated carbocycles. The summed E-state index contributed by atoms with van der Waals surface area (Å²) in [5.41, 5.74) is 3.76. The third-order valence-electron chi connectivity index (χ3n) is 4.77. The molecule has 6 heteroatoms. The summed E-state index contributed by atoms with van der Waals surface area (Å²) in [4.78, 5) is 3.98. The van der Waals surface area contributed by atoms with Gasteiger partial charge in [-0.25, -0.2) is 0 Å². The van der Waals surface area contributed by atoms with Crippen molar-refractivity contribution in [1.82, 2.24) is 0 Å². The lowest BCUT2D eigenvalue weighted by molar-refractivity contribution is 0.271. The molecule has 140 valence electrons. The summed E-state index contributed by atoms with van der Waals surface area (Å²) < 4.78 is 3.66. The van der Waals surface area contributed by atoms with Gasteiger partial charge < -0.3 is 0 Å². The fraction of sp³-hybridized carbons (Fsp3) is 0.400. The summed E-state index contributed by atoms with van der Waals surface area (Å²) in [5.74, 6) is 0. The molecule has 0 saturated heterocycles. The minimum Gasteiger partial charge on any atom is -0.133 e. The van der Waals surface area contributed by atoms with Crippen LogP contribution >= 0.6 is 81.8 Å². The molecule has 3 aromatic heterocycles. The molecule has 0 aliphatic rings. The van der Waals surface area contributed by atoms with E-state index in [2.05, 4.69) is 108 Å². The molecule has 0 aromatic carbocycles. The monoisotopic (exact) mass is 594 g/mol. The van der Waals surface area contributed by atoms with Crippen molar-refractivity contribution in [2.75, 3.05) is 0 Å². The first kappa shape index (κ1) is 21.3. The third-order valence-corrected chi connectivity index (χ3v) is 10.0. The van der Waals surface area contributed by atoms with E-state index in [0.29, 0.717) is 0 Å². The van der Waals surface area contributed by atoms with Crippen molar-refractivity contribution in [2.24, 2.45) is 5.41 Å². The fourth-order valence-corrected chi connectivity index (χ4v) is 9.75. The van der Waals surface area contributed by atoms with Gasteiger partial charge in [0.1, 0.15) is 0 Å². The number of hydrogen-bond donors (Lipinski definition) is 0. The highest BCUT2D eigenvalue weighted by molar-refractivity contribution is 9.11. The standard InChI is InChI=1S/C20H21Br3S3/c1-10-7-13(16(21)24-10)20(19(4,5)6,14-8-11(2)25-17(14)22)15-9-12(3)26-18(15)23/h7-9H,1-6H3. The number of hydrogen-bond acceptors (Lipinski definition) is 3. The van der Waals surface area contributed by atoms with Crippen LogP contribution in [0, 0.1) is 26.2 Å². The summed E-state index contributed by atoms with van der Waals surface area (Å²) >= 11 is 17.2. The van der Waals surface area contributed by atoms with Gasteiger partial charge in [0.25, 0.3) is 0 Å². The SMILES string of the molecule is Cc1cc(C(c2cc(C)sc2Br)(c2cc(C)sc2Br)C(C)(C)C)c(Br)s1. The van der Waals surface area contributed by atoms with Crippen molar-refractivity contribution in [2.45, 2.75) is 47.0 Å². The lowest BCUT2D eigenvalue weighted by Gasteiger charge is -2.46. The van der Waals surface area contributed by atoms with Gasteiger partial charge in [-0.05, 0) is 109 Å². The van der Waals surface area contributed by atoms with Gasteiger partial charge in [-0.3, -0.25) is 0 Å². The maximum absolute atomic E-state index is 3.90. The molecule has 3 aromatic rings. The van der Waals surface area contributed by atoms with Gasteiger partial charge >= 0.3 is 0 Å². The van der Waals surface area contributed by atoms with Crippen molar-refractivity contribution >= 4 is 81.8 Å². The number of rotatable bonds is 3. The molecule has 0 nitrogen and oxygen atoms in total. The first-order valence-electron chi connectivity index (χ1n) is 8.27. The first-order chi connectivity index (χ1) is 12.0. The Labute approximate surface area is 193 Å². The molecule has 0 atom stereocenters. The third kappa shape index (κ3) is 3.37. The minimum atomic E-state index is -0.260. The zero-order valence-electron chi connectivity index (χ0n) is 15.6. The Kier molecular flexibility index (Phi) is 6.06. The summed E-state index contributed by atoms with van der Waals surface area (Å²) in [5, 5.41) is 0. The van der Waals surface area contributed by atoms with E-state index < -0.39 is 0 Å². The lowest BCUT2D eigenvalue weighted by atomic mass is 9.57. The molecule has 0 unspecified atom stereocenters. The van der Waals surface area contributed by atoms with E-state index in [4.69, 9.17) is 0 Å².